The normalized spacial score (nSPS) is 14.0. The van der Waals surface area contributed by atoms with E-state index in [1.807, 2.05) is 24.3 Å². The standard InChI is InChI=1S/C23H31BrN2O6S2/c1-2-3-5-16-25(33(29)30)17-6-4-7-22(23(27)28)26(34(31)32)21-14-10-19(11-15-21)18-8-12-20(24)13-9-18/h8-15,22H,2-7,16-17H2,1H3,(H,27,28)(H,29,30)(H,31,32). The molecule has 0 aliphatic heterocycles. The first-order valence-electron chi connectivity index (χ1n) is 11.1. The van der Waals surface area contributed by atoms with E-state index >= 15 is 0 Å². The third-order valence-electron chi connectivity index (χ3n) is 5.40. The summed E-state index contributed by atoms with van der Waals surface area (Å²) in [4.78, 5) is 12.0. The zero-order valence-corrected chi connectivity index (χ0v) is 22.2. The lowest BCUT2D eigenvalue weighted by molar-refractivity contribution is -0.138. The van der Waals surface area contributed by atoms with Gasteiger partial charge >= 0.3 is 5.97 Å². The van der Waals surface area contributed by atoms with Gasteiger partial charge in [-0.25, -0.2) is 17.5 Å². The highest BCUT2D eigenvalue weighted by atomic mass is 79.9. The molecule has 3 atom stereocenters. The average molecular weight is 576 g/mol. The van der Waals surface area contributed by atoms with E-state index in [1.165, 1.54) is 4.31 Å². The molecule has 0 amide bonds. The van der Waals surface area contributed by atoms with Gasteiger partial charge in [0.25, 0.3) is 11.3 Å². The van der Waals surface area contributed by atoms with Crippen LogP contribution in [0.3, 0.4) is 0 Å². The van der Waals surface area contributed by atoms with E-state index in [4.69, 9.17) is 0 Å². The summed E-state index contributed by atoms with van der Waals surface area (Å²) in [6.07, 6.45) is 3.82. The number of hydrogen-bond donors (Lipinski definition) is 3. The molecular weight excluding hydrogens is 544 g/mol. The molecule has 0 radical (unpaired) electrons. The number of rotatable bonds is 15. The van der Waals surface area contributed by atoms with Gasteiger partial charge in [0.05, 0.1) is 5.69 Å². The van der Waals surface area contributed by atoms with Crippen molar-refractivity contribution in [2.45, 2.75) is 51.5 Å². The second-order valence-electron chi connectivity index (χ2n) is 7.83. The zero-order chi connectivity index (χ0) is 25.1. The van der Waals surface area contributed by atoms with Crippen molar-refractivity contribution in [3.63, 3.8) is 0 Å². The topological polar surface area (TPSA) is 118 Å². The highest BCUT2D eigenvalue weighted by Gasteiger charge is 2.29. The molecule has 34 heavy (non-hydrogen) atoms. The van der Waals surface area contributed by atoms with Crippen molar-refractivity contribution in [2.24, 2.45) is 0 Å². The Morgan fingerprint density at radius 1 is 0.882 bits per heavy atom. The van der Waals surface area contributed by atoms with Crippen molar-refractivity contribution in [1.82, 2.24) is 4.31 Å². The van der Waals surface area contributed by atoms with Crippen LogP contribution in [0.5, 0.6) is 0 Å². The predicted octanol–water partition coefficient (Wildman–Crippen LogP) is 5.31. The average Bonchev–Trinajstić information content (AvgIpc) is 2.80. The monoisotopic (exact) mass is 574 g/mol. The fourth-order valence-corrected chi connectivity index (χ4v) is 5.15. The second-order valence-corrected chi connectivity index (χ2v) is 10.6. The van der Waals surface area contributed by atoms with Crippen LogP contribution in [0.4, 0.5) is 5.69 Å². The Morgan fingerprint density at radius 3 is 1.88 bits per heavy atom. The van der Waals surface area contributed by atoms with Gasteiger partial charge in [-0.15, -0.1) is 0 Å². The Bertz CT molecular complexity index is 959. The fraction of sp³-hybridized carbons (Fsp3) is 0.435. The van der Waals surface area contributed by atoms with Crippen molar-refractivity contribution < 1.29 is 27.4 Å². The quantitative estimate of drug-likeness (QED) is 0.196. The van der Waals surface area contributed by atoms with E-state index in [2.05, 4.69) is 22.9 Å². The van der Waals surface area contributed by atoms with E-state index in [1.54, 1.807) is 24.3 Å². The number of aliphatic carboxylic acids is 1. The Kier molecular flexibility index (Phi) is 12.4. The number of carboxylic acids is 1. The first-order chi connectivity index (χ1) is 16.2. The number of halogens is 1. The maximum Gasteiger partial charge on any atom is 0.327 e. The molecule has 0 bridgehead atoms. The van der Waals surface area contributed by atoms with Gasteiger partial charge in [-0.1, -0.05) is 60.0 Å². The lowest BCUT2D eigenvalue weighted by atomic mass is 10.0. The third kappa shape index (κ3) is 8.86. The number of carboxylic acid groups (broad SMARTS) is 1. The van der Waals surface area contributed by atoms with Gasteiger partial charge in [-0.2, -0.15) is 0 Å². The molecule has 0 saturated carbocycles. The van der Waals surface area contributed by atoms with E-state index < -0.39 is 34.5 Å². The Hall–Kier alpha value is -1.63. The minimum absolute atomic E-state index is 0.122. The molecule has 8 nitrogen and oxygen atoms in total. The summed E-state index contributed by atoms with van der Waals surface area (Å²) >= 11 is -1.22. The first kappa shape index (κ1) is 28.6. The number of unbranched alkanes of at least 4 members (excludes halogenated alkanes) is 3. The van der Waals surface area contributed by atoms with Gasteiger partial charge in [0.2, 0.25) is 11.3 Å². The van der Waals surface area contributed by atoms with Crippen molar-refractivity contribution in [3.05, 3.63) is 53.0 Å². The molecule has 2 rings (SSSR count). The molecule has 2 aromatic carbocycles. The molecule has 0 aliphatic carbocycles. The summed E-state index contributed by atoms with van der Waals surface area (Å²) in [6, 6.07) is 13.3. The van der Waals surface area contributed by atoms with Crippen LogP contribution in [0.25, 0.3) is 11.1 Å². The van der Waals surface area contributed by atoms with Gasteiger partial charge in [0.15, 0.2) is 0 Å². The molecule has 0 fully saturated rings. The highest BCUT2D eigenvalue weighted by Crippen LogP contribution is 2.27. The maximum atomic E-state index is 12.1. The Balaban J connectivity index is 2.06. The summed E-state index contributed by atoms with van der Waals surface area (Å²) in [5.41, 5.74) is 2.18. The van der Waals surface area contributed by atoms with Crippen molar-refractivity contribution >= 4 is 50.1 Å². The Morgan fingerprint density at radius 2 is 1.41 bits per heavy atom. The summed E-state index contributed by atoms with van der Waals surface area (Å²) in [7, 11) is 0. The molecule has 188 valence electrons. The summed E-state index contributed by atoms with van der Waals surface area (Å²) < 4.78 is 46.4. The maximum absolute atomic E-state index is 12.1. The van der Waals surface area contributed by atoms with E-state index in [0.717, 1.165) is 39.2 Å². The van der Waals surface area contributed by atoms with E-state index in [0.29, 0.717) is 31.6 Å². The summed E-state index contributed by atoms with van der Waals surface area (Å²) in [6.45, 7) is 2.90. The Labute approximate surface area is 214 Å². The van der Waals surface area contributed by atoms with Crippen LogP contribution < -0.4 is 4.31 Å². The molecule has 3 unspecified atom stereocenters. The van der Waals surface area contributed by atoms with E-state index in [-0.39, 0.29) is 6.42 Å². The van der Waals surface area contributed by atoms with Gasteiger partial charge in [-0.3, -0.25) is 13.4 Å². The first-order valence-corrected chi connectivity index (χ1v) is 14.0. The molecule has 0 aliphatic rings. The van der Waals surface area contributed by atoms with Crippen molar-refractivity contribution in [1.29, 1.82) is 0 Å². The molecule has 0 saturated heterocycles. The second kappa shape index (κ2) is 14.7. The van der Waals surface area contributed by atoms with Crippen LogP contribution in [0, 0.1) is 0 Å². The lowest BCUT2D eigenvalue weighted by Crippen LogP contribution is -2.42. The van der Waals surface area contributed by atoms with Gasteiger partial charge in [-0.05, 0) is 61.1 Å². The highest BCUT2D eigenvalue weighted by molar-refractivity contribution is 9.10. The molecular formula is C23H31BrN2O6S2. The van der Waals surface area contributed by atoms with Gasteiger partial charge in [0.1, 0.15) is 6.04 Å². The zero-order valence-electron chi connectivity index (χ0n) is 19.0. The molecule has 2 aromatic rings. The number of anilines is 1. The van der Waals surface area contributed by atoms with Crippen LogP contribution in [0.15, 0.2) is 53.0 Å². The number of benzene rings is 2. The molecule has 0 spiro atoms. The minimum atomic E-state index is -2.54. The van der Waals surface area contributed by atoms with E-state index in [9.17, 15) is 27.4 Å². The molecule has 11 heteroatoms. The van der Waals surface area contributed by atoms with Gasteiger partial charge < -0.3 is 5.11 Å². The van der Waals surface area contributed by atoms with Gasteiger partial charge in [0, 0.05) is 17.6 Å². The van der Waals surface area contributed by atoms with Crippen LogP contribution in [-0.4, -0.2) is 52.0 Å². The number of hydrogen-bond acceptors (Lipinski definition) is 3. The van der Waals surface area contributed by atoms with Crippen molar-refractivity contribution in [3.8, 4) is 11.1 Å². The largest absolute Gasteiger partial charge is 0.480 e. The molecule has 3 N–H and O–H groups in total. The third-order valence-corrected chi connectivity index (χ3v) is 7.54. The molecule has 0 aromatic heterocycles. The smallest absolute Gasteiger partial charge is 0.327 e. The lowest BCUT2D eigenvalue weighted by Gasteiger charge is -2.27. The number of carbonyl (C=O) groups is 1. The van der Waals surface area contributed by atoms with Crippen LogP contribution in [0.2, 0.25) is 0 Å². The van der Waals surface area contributed by atoms with Crippen LogP contribution in [0.1, 0.15) is 45.4 Å². The predicted molar refractivity (Wildman–Crippen MR) is 140 cm³/mol. The molecule has 0 heterocycles. The fourth-order valence-electron chi connectivity index (χ4n) is 3.60. The van der Waals surface area contributed by atoms with Crippen molar-refractivity contribution in [2.75, 3.05) is 17.4 Å². The summed E-state index contributed by atoms with van der Waals surface area (Å²) in [5, 5.41) is 9.76. The SMILES string of the molecule is CCCCCN(CCCCC(C(=O)O)N(c1ccc(-c2ccc(Br)cc2)cc1)S(=O)O)S(=O)O. The number of nitrogens with zero attached hydrogens (tertiary/aromatic N) is 2. The minimum Gasteiger partial charge on any atom is -0.480 e. The van der Waals surface area contributed by atoms with Crippen LogP contribution in [-0.2, 0) is 27.3 Å². The summed E-state index contributed by atoms with van der Waals surface area (Å²) in [5.74, 6) is -1.20. The van der Waals surface area contributed by atoms with Crippen LogP contribution >= 0.6 is 15.9 Å².